The SMILES string of the molecule is C=CCOc1cccc(/C=N\NS(=O)(=O)c2ccc(Br)cc2)c1. The van der Waals surface area contributed by atoms with Crippen molar-refractivity contribution in [1.82, 2.24) is 4.83 Å². The van der Waals surface area contributed by atoms with Gasteiger partial charge in [-0.3, -0.25) is 0 Å². The van der Waals surface area contributed by atoms with Crippen molar-refractivity contribution in [3.8, 4) is 5.75 Å². The molecule has 120 valence electrons. The summed E-state index contributed by atoms with van der Waals surface area (Å²) in [4.78, 5) is 2.31. The maximum Gasteiger partial charge on any atom is 0.276 e. The van der Waals surface area contributed by atoms with Gasteiger partial charge in [0.25, 0.3) is 10.0 Å². The quantitative estimate of drug-likeness (QED) is 0.444. The second-order valence-electron chi connectivity index (χ2n) is 4.48. The maximum atomic E-state index is 12.1. The average Bonchev–Trinajstić information content (AvgIpc) is 2.53. The molecule has 0 aliphatic rings. The first-order valence-electron chi connectivity index (χ1n) is 6.65. The average molecular weight is 395 g/mol. The fourth-order valence-corrected chi connectivity index (χ4v) is 2.73. The highest BCUT2D eigenvalue weighted by molar-refractivity contribution is 9.10. The van der Waals surface area contributed by atoms with Crippen LogP contribution in [0.1, 0.15) is 5.56 Å². The van der Waals surface area contributed by atoms with Crippen molar-refractivity contribution in [1.29, 1.82) is 0 Å². The molecule has 0 saturated carbocycles. The zero-order valence-corrected chi connectivity index (χ0v) is 14.5. The summed E-state index contributed by atoms with van der Waals surface area (Å²) in [5.74, 6) is 0.657. The first kappa shape index (κ1) is 17.2. The van der Waals surface area contributed by atoms with Crippen molar-refractivity contribution in [2.24, 2.45) is 5.10 Å². The topological polar surface area (TPSA) is 67.8 Å². The molecule has 0 bridgehead atoms. The highest BCUT2D eigenvalue weighted by Gasteiger charge is 2.11. The van der Waals surface area contributed by atoms with E-state index in [4.69, 9.17) is 4.74 Å². The summed E-state index contributed by atoms with van der Waals surface area (Å²) < 4.78 is 30.3. The number of rotatable bonds is 7. The van der Waals surface area contributed by atoms with Crippen LogP contribution in [0.4, 0.5) is 0 Å². The molecule has 0 spiro atoms. The number of nitrogens with one attached hydrogen (secondary N) is 1. The third-order valence-electron chi connectivity index (χ3n) is 2.74. The Kier molecular flexibility index (Phi) is 5.95. The van der Waals surface area contributed by atoms with E-state index in [9.17, 15) is 8.42 Å². The summed E-state index contributed by atoms with van der Waals surface area (Å²) in [6, 6.07) is 13.4. The van der Waals surface area contributed by atoms with E-state index in [0.29, 0.717) is 17.9 Å². The molecule has 2 aromatic carbocycles. The van der Waals surface area contributed by atoms with E-state index in [1.807, 2.05) is 0 Å². The Hall–Kier alpha value is -2.12. The van der Waals surface area contributed by atoms with Gasteiger partial charge in [-0.15, -0.1) is 0 Å². The molecule has 0 unspecified atom stereocenters. The molecule has 0 radical (unpaired) electrons. The molecule has 2 rings (SSSR count). The van der Waals surface area contributed by atoms with E-state index in [2.05, 4.69) is 32.4 Å². The van der Waals surface area contributed by atoms with Gasteiger partial charge < -0.3 is 4.74 Å². The summed E-state index contributed by atoms with van der Waals surface area (Å²) >= 11 is 3.26. The van der Waals surface area contributed by atoms with E-state index in [1.54, 1.807) is 42.5 Å². The zero-order chi connectivity index (χ0) is 16.7. The molecule has 7 heteroatoms. The van der Waals surface area contributed by atoms with Gasteiger partial charge in [-0.2, -0.15) is 13.5 Å². The summed E-state index contributed by atoms with van der Waals surface area (Å²) in [6.45, 7) is 3.98. The zero-order valence-electron chi connectivity index (χ0n) is 12.1. The molecule has 0 aliphatic carbocycles. The van der Waals surface area contributed by atoms with Gasteiger partial charge in [-0.1, -0.05) is 40.7 Å². The van der Waals surface area contributed by atoms with Crippen LogP contribution in [0.2, 0.25) is 0 Å². The number of hydrogen-bond acceptors (Lipinski definition) is 4. The molecule has 0 aliphatic heterocycles. The lowest BCUT2D eigenvalue weighted by molar-refractivity contribution is 0.363. The predicted octanol–water partition coefficient (Wildman–Crippen LogP) is 3.33. The number of benzene rings is 2. The molecule has 0 fully saturated rings. The van der Waals surface area contributed by atoms with Gasteiger partial charge in [0.15, 0.2) is 0 Å². The van der Waals surface area contributed by atoms with Crippen LogP contribution < -0.4 is 9.57 Å². The fourth-order valence-electron chi connectivity index (χ4n) is 1.68. The van der Waals surface area contributed by atoms with Crippen LogP contribution in [0.15, 0.2) is 75.7 Å². The van der Waals surface area contributed by atoms with Gasteiger partial charge in [0.2, 0.25) is 0 Å². The van der Waals surface area contributed by atoms with Crippen molar-refractivity contribution in [2.45, 2.75) is 4.90 Å². The Morgan fingerprint density at radius 2 is 1.96 bits per heavy atom. The Labute approximate surface area is 143 Å². The predicted molar refractivity (Wildman–Crippen MR) is 94.2 cm³/mol. The molecule has 0 saturated heterocycles. The molecule has 1 N–H and O–H groups in total. The molecule has 5 nitrogen and oxygen atoms in total. The van der Waals surface area contributed by atoms with Crippen LogP contribution in [0.5, 0.6) is 5.75 Å². The van der Waals surface area contributed by atoms with Gasteiger partial charge in [-0.25, -0.2) is 4.83 Å². The second kappa shape index (κ2) is 7.94. The van der Waals surface area contributed by atoms with Gasteiger partial charge in [0.05, 0.1) is 11.1 Å². The van der Waals surface area contributed by atoms with Crippen LogP contribution in [-0.4, -0.2) is 21.2 Å². The minimum absolute atomic E-state index is 0.140. The summed E-state index contributed by atoms with van der Waals surface area (Å²) in [5, 5.41) is 3.78. The Balaban J connectivity index is 2.06. The number of hydrazone groups is 1. The third-order valence-corrected chi connectivity index (χ3v) is 4.50. The first-order chi connectivity index (χ1) is 11.0. The van der Waals surface area contributed by atoms with Gasteiger partial charge >= 0.3 is 0 Å². The molecule has 23 heavy (non-hydrogen) atoms. The van der Waals surface area contributed by atoms with E-state index >= 15 is 0 Å². The molecule has 0 aromatic heterocycles. The van der Waals surface area contributed by atoms with Gasteiger partial charge in [0, 0.05) is 4.47 Å². The Bertz CT molecular complexity index is 802. The van der Waals surface area contributed by atoms with Crippen LogP contribution in [-0.2, 0) is 10.0 Å². The van der Waals surface area contributed by atoms with E-state index in [1.165, 1.54) is 18.3 Å². The third kappa shape index (κ3) is 5.22. The fraction of sp³-hybridized carbons (Fsp3) is 0.0625. The Morgan fingerprint density at radius 3 is 2.65 bits per heavy atom. The van der Waals surface area contributed by atoms with E-state index < -0.39 is 10.0 Å². The lowest BCUT2D eigenvalue weighted by atomic mass is 10.2. The van der Waals surface area contributed by atoms with E-state index in [-0.39, 0.29) is 4.90 Å². The molecule has 2 aromatic rings. The Morgan fingerprint density at radius 1 is 1.22 bits per heavy atom. The summed E-state index contributed by atoms with van der Waals surface area (Å²) in [6.07, 6.45) is 3.06. The smallest absolute Gasteiger partial charge is 0.276 e. The van der Waals surface area contributed by atoms with Crippen molar-refractivity contribution in [2.75, 3.05) is 6.61 Å². The van der Waals surface area contributed by atoms with Gasteiger partial charge in [-0.05, 0) is 42.0 Å². The lowest BCUT2D eigenvalue weighted by Crippen LogP contribution is -2.18. The van der Waals surface area contributed by atoms with Crippen molar-refractivity contribution < 1.29 is 13.2 Å². The number of ether oxygens (including phenoxy) is 1. The monoisotopic (exact) mass is 394 g/mol. The molecule has 0 heterocycles. The normalized spacial score (nSPS) is 11.3. The van der Waals surface area contributed by atoms with Crippen LogP contribution in [0, 0.1) is 0 Å². The highest BCUT2D eigenvalue weighted by Crippen LogP contribution is 2.15. The van der Waals surface area contributed by atoms with E-state index in [0.717, 1.165) is 4.47 Å². The number of sulfonamides is 1. The van der Waals surface area contributed by atoms with Crippen molar-refractivity contribution >= 4 is 32.2 Å². The van der Waals surface area contributed by atoms with Crippen molar-refractivity contribution in [3.63, 3.8) is 0 Å². The second-order valence-corrected chi connectivity index (χ2v) is 7.06. The number of nitrogens with zero attached hydrogens (tertiary/aromatic N) is 1. The molecule has 0 amide bonds. The minimum atomic E-state index is -3.68. The molecule has 0 atom stereocenters. The largest absolute Gasteiger partial charge is 0.490 e. The van der Waals surface area contributed by atoms with Crippen LogP contribution in [0.25, 0.3) is 0 Å². The maximum absolute atomic E-state index is 12.1. The van der Waals surface area contributed by atoms with Crippen LogP contribution >= 0.6 is 15.9 Å². The molecular formula is C16H15BrN2O3S. The van der Waals surface area contributed by atoms with Crippen LogP contribution in [0.3, 0.4) is 0 Å². The lowest BCUT2D eigenvalue weighted by Gasteiger charge is -2.04. The first-order valence-corrected chi connectivity index (χ1v) is 8.93. The van der Waals surface area contributed by atoms with Gasteiger partial charge in [0.1, 0.15) is 12.4 Å². The molecular weight excluding hydrogens is 380 g/mol. The number of halogens is 1. The summed E-state index contributed by atoms with van der Waals surface area (Å²) in [5.41, 5.74) is 0.713. The van der Waals surface area contributed by atoms with Crippen molar-refractivity contribution in [3.05, 3.63) is 71.2 Å². The standard InChI is InChI=1S/C16H15BrN2O3S/c1-2-10-22-15-5-3-4-13(11-15)12-18-19-23(20,21)16-8-6-14(17)7-9-16/h2-9,11-12,19H,1,10H2/b18-12-. The highest BCUT2D eigenvalue weighted by atomic mass is 79.9. The minimum Gasteiger partial charge on any atom is -0.490 e. The number of hydrogen-bond donors (Lipinski definition) is 1. The summed E-state index contributed by atoms with van der Waals surface area (Å²) in [7, 11) is -3.68.